The molecule has 3 aromatic rings. The van der Waals surface area contributed by atoms with Crippen molar-refractivity contribution >= 4 is 120 Å². The molecule has 4 rings (SSSR count). The van der Waals surface area contributed by atoms with Crippen LogP contribution in [0, 0.1) is 0 Å². The highest BCUT2D eigenvalue weighted by molar-refractivity contribution is 9.15. The first-order valence-electron chi connectivity index (χ1n) is 7.77. The molecule has 12 heteroatoms. The molecule has 148 valence electrons. The van der Waals surface area contributed by atoms with Gasteiger partial charge in [-0.3, -0.25) is 14.4 Å². The molecule has 29 heavy (non-hydrogen) atoms. The summed E-state index contributed by atoms with van der Waals surface area (Å²) in [4.78, 5) is 42.8. The summed E-state index contributed by atoms with van der Waals surface area (Å²) >= 11 is 16.3. The minimum atomic E-state index is -0.422. The quantitative estimate of drug-likeness (QED) is 0.164. The van der Waals surface area contributed by atoms with Crippen LogP contribution in [0.2, 0.25) is 0 Å². The molecule has 0 saturated heterocycles. The van der Waals surface area contributed by atoms with E-state index in [1.807, 2.05) is 0 Å². The molecular weight excluding hydrogens is 678 g/mol. The number of nitrogens with two attached hydrogens (primary N) is 1. The largest absolute Gasteiger partial charge is 0.369 e. The van der Waals surface area contributed by atoms with Crippen LogP contribution in [-0.2, 0) is 4.79 Å². The minimum absolute atomic E-state index is 0.136. The van der Waals surface area contributed by atoms with Gasteiger partial charge in [0.05, 0.1) is 32.8 Å². The Morgan fingerprint density at radius 3 is 2.17 bits per heavy atom. The molecule has 0 atom stereocenters. The number of amides is 3. The van der Waals surface area contributed by atoms with E-state index in [0.29, 0.717) is 39.0 Å². The highest BCUT2D eigenvalue weighted by atomic mass is 79.9. The van der Waals surface area contributed by atoms with E-state index in [1.165, 1.54) is 23.1 Å². The number of aromatic nitrogens is 1. The molecular formula is C17H7Br4N3O3S2. The summed E-state index contributed by atoms with van der Waals surface area (Å²) in [6, 6.07) is 5.17. The zero-order valence-electron chi connectivity index (χ0n) is 14.0. The number of hydrogen-bond donors (Lipinski definition) is 1. The van der Waals surface area contributed by atoms with Crippen LogP contribution < -0.4 is 10.6 Å². The minimum Gasteiger partial charge on any atom is -0.369 e. The summed E-state index contributed by atoms with van der Waals surface area (Å²) < 4.78 is 3.78. The van der Waals surface area contributed by atoms with E-state index >= 15 is 0 Å². The van der Waals surface area contributed by atoms with E-state index in [9.17, 15) is 14.4 Å². The maximum Gasteiger partial charge on any atom is 0.267 e. The van der Waals surface area contributed by atoms with Crippen LogP contribution in [0.3, 0.4) is 0 Å². The van der Waals surface area contributed by atoms with E-state index in [0.717, 1.165) is 15.1 Å². The first-order valence-corrected chi connectivity index (χ1v) is 12.7. The second kappa shape index (κ2) is 8.04. The number of halogens is 4. The van der Waals surface area contributed by atoms with Gasteiger partial charge in [0, 0.05) is 17.9 Å². The molecule has 2 N–H and O–H groups in total. The van der Waals surface area contributed by atoms with Crippen LogP contribution in [0.1, 0.15) is 20.7 Å². The monoisotopic (exact) mass is 681 g/mol. The van der Waals surface area contributed by atoms with Crippen LogP contribution in [0.15, 0.2) is 40.4 Å². The first-order chi connectivity index (χ1) is 13.7. The third-order valence-corrected chi connectivity index (χ3v) is 11.0. The van der Waals surface area contributed by atoms with E-state index < -0.39 is 17.7 Å². The maximum atomic E-state index is 13.1. The van der Waals surface area contributed by atoms with Crippen LogP contribution >= 0.6 is 86.8 Å². The molecule has 0 bridgehead atoms. The van der Waals surface area contributed by atoms with Crippen molar-refractivity contribution in [3.8, 4) is 0 Å². The van der Waals surface area contributed by atoms with Crippen LogP contribution in [0.5, 0.6) is 0 Å². The van der Waals surface area contributed by atoms with Crippen molar-refractivity contribution in [2.45, 2.75) is 4.34 Å². The molecule has 3 amide bonds. The Kier molecular flexibility index (Phi) is 5.95. The van der Waals surface area contributed by atoms with Gasteiger partial charge in [-0.25, -0.2) is 9.88 Å². The number of hydrogen-bond acceptors (Lipinski definition) is 6. The number of carbonyl (C=O) groups excluding carboxylic acids is 3. The highest BCUT2D eigenvalue weighted by Crippen LogP contribution is 2.46. The van der Waals surface area contributed by atoms with Crippen molar-refractivity contribution in [3.05, 3.63) is 47.2 Å². The predicted molar refractivity (Wildman–Crippen MR) is 128 cm³/mol. The molecule has 0 radical (unpaired) electrons. The van der Waals surface area contributed by atoms with Gasteiger partial charge in [-0.15, -0.1) is 11.3 Å². The number of thioether (sulfide) groups is 1. The smallest absolute Gasteiger partial charge is 0.267 e. The van der Waals surface area contributed by atoms with Crippen LogP contribution in [0.4, 0.5) is 5.69 Å². The highest BCUT2D eigenvalue weighted by Gasteiger charge is 2.42. The number of nitrogens with zero attached hydrogens (tertiary/aromatic N) is 2. The van der Waals surface area contributed by atoms with Gasteiger partial charge in [0.25, 0.3) is 11.8 Å². The Morgan fingerprint density at radius 2 is 1.62 bits per heavy atom. The Balaban J connectivity index is 1.77. The number of thiazole rings is 1. The number of primary amides is 1. The van der Waals surface area contributed by atoms with Gasteiger partial charge in [-0.1, -0.05) is 11.8 Å². The molecule has 0 saturated carbocycles. The lowest BCUT2D eigenvalue weighted by molar-refractivity contribution is -0.115. The van der Waals surface area contributed by atoms with Crippen molar-refractivity contribution in [1.29, 1.82) is 0 Å². The van der Waals surface area contributed by atoms with Gasteiger partial charge < -0.3 is 5.73 Å². The number of rotatable bonds is 4. The number of benzene rings is 2. The van der Waals surface area contributed by atoms with E-state index in [1.54, 1.807) is 18.2 Å². The summed E-state index contributed by atoms with van der Waals surface area (Å²) in [5.74, 6) is -1.12. The van der Waals surface area contributed by atoms with Crippen molar-refractivity contribution in [2.75, 3.05) is 10.7 Å². The van der Waals surface area contributed by atoms with Gasteiger partial charge in [0.1, 0.15) is 0 Å². The lowest BCUT2D eigenvalue weighted by atomic mass is 10.1. The maximum absolute atomic E-state index is 13.1. The topological polar surface area (TPSA) is 93.4 Å². The summed E-state index contributed by atoms with van der Waals surface area (Å²) in [5.41, 5.74) is 6.93. The van der Waals surface area contributed by atoms with Crippen molar-refractivity contribution < 1.29 is 14.4 Å². The molecule has 1 aliphatic heterocycles. The first kappa shape index (κ1) is 21.4. The van der Waals surface area contributed by atoms with Crippen LogP contribution in [0.25, 0.3) is 10.2 Å². The van der Waals surface area contributed by atoms with Crippen molar-refractivity contribution in [2.24, 2.45) is 5.73 Å². The van der Waals surface area contributed by atoms with Crippen molar-refractivity contribution in [1.82, 2.24) is 4.98 Å². The lowest BCUT2D eigenvalue weighted by Crippen LogP contribution is -2.29. The second-order valence-electron chi connectivity index (χ2n) is 5.84. The summed E-state index contributed by atoms with van der Waals surface area (Å²) in [6.45, 7) is 0. The molecule has 0 fully saturated rings. The zero-order chi connectivity index (χ0) is 21.0. The molecule has 1 aromatic heterocycles. The fourth-order valence-corrected chi connectivity index (χ4v) is 7.11. The Labute approximate surface area is 206 Å². The third-order valence-electron chi connectivity index (χ3n) is 4.05. The SMILES string of the molecule is NC(=O)CSc1nc2ccc(N3C(=O)c4c(Br)c(Br)c(Br)c(Br)c4C3=O)cc2s1. The fourth-order valence-electron chi connectivity index (χ4n) is 2.81. The van der Waals surface area contributed by atoms with Gasteiger partial charge in [-0.2, -0.15) is 0 Å². The summed E-state index contributed by atoms with van der Waals surface area (Å²) in [6.07, 6.45) is 0. The van der Waals surface area contributed by atoms with E-state index in [-0.39, 0.29) is 5.75 Å². The van der Waals surface area contributed by atoms with Gasteiger partial charge in [0.2, 0.25) is 5.91 Å². The summed E-state index contributed by atoms with van der Waals surface area (Å²) in [5, 5.41) is 0. The number of fused-ring (bicyclic) bond motifs is 2. The molecule has 1 aliphatic rings. The Hall–Kier alpha value is -0.790. The van der Waals surface area contributed by atoms with E-state index in [2.05, 4.69) is 68.7 Å². The summed E-state index contributed by atoms with van der Waals surface area (Å²) in [7, 11) is 0. The Bertz CT molecular complexity index is 1200. The van der Waals surface area contributed by atoms with Crippen LogP contribution in [-0.4, -0.2) is 28.5 Å². The van der Waals surface area contributed by atoms with Gasteiger partial charge >= 0.3 is 0 Å². The van der Waals surface area contributed by atoms with Gasteiger partial charge in [0.15, 0.2) is 4.34 Å². The zero-order valence-corrected chi connectivity index (χ0v) is 21.9. The molecule has 2 heterocycles. The molecule has 0 spiro atoms. The Morgan fingerprint density at radius 1 is 1.03 bits per heavy atom. The fraction of sp³-hybridized carbons (Fsp3) is 0.0588. The molecule has 0 unspecified atom stereocenters. The van der Waals surface area contributed by atoms with E-state index in [4.69, 9.17) is 5.73 Å². The number of imide groups is 1. The standard InChI is InChI=1S/C17H7Br4N3O3S2/c18-11-9-10(12(19)14(21)13(11)20)16(27)24(15(9)26)5-1-2-6-7(3-5)29-17(23-6)28-4-8(22)25/h1-3H,4H2,(H2,22,25). The number of anilines is 1. The third kappa shape index (κ3) is 3.61. The molecule has 2 aromatic carbocycles. The molecule has 6 nitrogen and oxygen atoms in total. The second-order valence-corrected chi connectivity index (χ2v) is 11.3. The average molecular weight is 685 g/mol. The van der Waals surface area contributed by atoms with Crippen molar-refractivity contribution in [3.63, 3.8) is 0 Å². The lowest BCUT2D eigenvalue weighted by Gasteiger charge is -2.13. The van der Waals surface area contributed by atoms with Gasteiger partial charge in [-0.05, 0) is 81.9 Å². The number of carbonyl (C=O) groups is 3. The normalized spacial score (nSPS) is 13.4. The average Bonchev–Trinajstić information content (AvgIpc) is 3.20. The predicted octanol–water partition coefficient (Wildman–Crippen LogP) is 5.72. The molecule has 0 aliphatic carbocycles.